The molecule has 0 unspecified atom stereocenters. The second kappa shape index (κ2) is 14.8. The number of hydrogen-bond donors (Lipinski definition) is 0. The van der Waals surface area contributed by atoms with E-state index in [1.165, 1.54) is 60.7 Å². The lowest BCUT2D eigenvalue weighted by molar-refractivity contribution is 0.299. The minimum Gasteiger partial charge on any atom is -0.489 e. The molecule has 38 heavy (non-hydrogen) atoms. The highest BCUT2D eigenvalue weighted by atomic mass is 19.1. The van der Waals surface area contributed by atoms with Gasteiger partial charge >= 0.3 is 0 Å². The molecule has 2 nitrogen and oxygen atoms in total. The first-order valence-corrected chi connectivity index (χ1v) is 12.2. The summed E-state index contributed by atoms with van der Waals surface area (Å²) in [5.74, 6) is -0.720. The van der Waals surface area contributed by atoms with Gasteiger partial charge in [-0.05, 0) is 84.6 Å². The van der Waals surface area contributed by atoms with Crippen LogP contribution in [0.2, 0.25) is 0 Å². The number of benzene rings is 4. The molecule has 0 radical (unpaired) electrons. The van der Waals surface area contributed by atoms with Crippen molar-refractivity contribution < 1.29 is 31.4 Å². The lowest BCUT2D eigenvalue weighted by Gasteiger charge is -2.10. The van der Waals surface area contributed by atoms with Crippen LogP contribution < -0.4 is 9.47 Å². The number of rotatable bonds is 10. The molecule has 7 heteroatoms. The molecule has 200 valence electrons. The van der Waals surface area contributed by atoms with Gasteiger partial charge in [-0.25, -0.2) is 17.6 Å². The number of hydrogen-bond acceptors (Lipinski definition) is 2. The standard InChI is InChI=1S/C27H20F4O2.C4H9F/c28-22-5-9-24(10-6-22)32-16-20-3-1-18(14-26(20)30)13-19-2-4-21(27(31)15-19)17-33-25-11-7-23(29)8-12-25;1-2-3-4-5/h1-12,14-15H,13,16-17H2;2-4H2,1H3. The Morgan fingerprint density at radius 1 is 0.579 bits per heavy atom. The normalized spacial score (nSPS) is 10.5. The van der Waals surface area contributed by atoms with Gasteiger partial charge in [0.05, 0.1) is 6.67 Å². The van der Waals surface area contributed by atoms with Gasteiger partial charge in [-0.3, -0.25) is 4.39 Å². The van der Waals surface area contributed by atoms with E-state index in [4.69, 9.17) is 9.47 Å². The maximum absolute atomic E-state index is 14.5. The van der Waals surface area contributed by atoms with Crippen LogP contribution in [0.1, 0.15) is 42.0 Å². The first kappa shape index (κ1) is 28.7. The minimum absolute atomic E-state index is 0.00905. The summed E-state index contributed by atoms with van der Waals surface area (Å²) < 4.78 is 76.9. The number of unbranched alkanes of at least 4 members (excludes halogenated alkanes) is 1. The zero-order valence-corrected chi connectivity index (χ0v) is 21.0. The average molecular weight is 529 g/mol. The van der Waals surface area contributed by atoms with Crippen LogP contribution >= 0.6 is 0 Å². The van der Waals surface area contributed by atoms with E-state index in [1.807, 2.05) is 6.92 Å². The Balaban J connectivity index is 0.000000732. The van der Waals surface area contributed by atoms with E-state index < -0.39 is 11.6 Å². The highest BCUT2D eigenvalue weighted by Gasteiger charge is 2.09. The van der Waals surface area contributed by atoms with Crippen molar-refractivity contribution in [3.8, 4) is 11.5 Å². The van der Waals surface area contributed by atoms with Crippen molar-refractivity contribution in [3.63, 3.8) is 0 Å². The second-order valence-corrected chi connectivity index (χ2v) is 8.56. The molecule has 4 rings (SSSR count). The average Bonchev–Trinajstić information content (AvgIpc) is 2.90. The number of ether oxygens (including phenoxy) is 2. The van der Waals surface area contributed by atoms with Crippen LogP contribution in [0.3, 0.4) is 0 Å². The van der Waals surface area contributed by atoms with Crippen molar-refractivity contribution in [1.29, 1.82) is 0 Å². The molecule has 4 aromatic carbocycles. The Kier molecular flexibility index (Phi) is 11.1. The third kappa shape index (κ3) is 9.21. The fourth-order valence-corrected chi connectivity index (χ4v) is 3.39. The minimum atomic E-state index is -0.431. The Morgan fingerprint density at radius 2 is 1.00 bits per heavy atom. The van der Waals surface area contributed by atoms with E-state index >= 15 is 0 Å². The predicted molar refractivity (Wildman–Crippen MR) is 138 cm³/mol. The van der Waals surface area contributed by atoms with Crippen LogP contribution in [0.15, 0.2) is 84.9 Å². The molecule has 0 amide bonds. The maximum atomic E-state index is 14.5. The summed E-state index contributed by atoms with van der Waals surface area (Å²) in [6, 6.07) is 20.5. The van der Waals surface area contributed by atoms with Crippen LogP contribution in [-0.4, -0.2) is 6.67 Å². The van der Waals surface area contributed by atoms with E-state index in [1.54, 1.807) is 24.3 Å². The molecule has 0 atom stereocenters. The van der Waals surface area contributed by atoms with Gasteiger partial charge < -0.3 is 9.47 Å². The van der Waals surface area contributed by atoms with Crippen LogP contribution in [0.25, 0.3) is 0 Å². The third-order valence-corrected chi connectivity index (χ3v) is 5.55. The lowest BCUT2D eigenvalue weighted by atomic mass is 10.0. The van der Waals surface area contributed by atoms with E-state index in [2.05, 4.69) is 0 Å². The summed E-state index contributed by atoms with van der Waals surface area (Å²) in [6.45, 7) is 1.83. The third-order valence-electron chi connectivity index (χ3n) is 5.55. The van der Waals surface area contributed by atoms with Gasteiger partial charge in [-0.2, -0.15) is 0 Å². The molecule has 0 N–H and O–H groups in total. The monoisotopic (exact) mass is 528 g/mol. The molecule has 4 aromatic rings. The summed E-state index contributed by atoms with van der Waals surface area (Å²) in [6.07, 6.45) is 2.04. The number of halogens is 5. The van der Waals surface area contributed by atoms with Crippen molar-refractivity contribution >= 4 is 0 Å². The quantitative estimate of drug-likeness (QED) is 0.192. The van der Waals surface area contributed by atoms with E-state index in [-0.39, 0.29) is 31.5 Å². The second-order valence-electron chi connectivity index (χ2n) is 8.56. The molecule has 0 heterocycles. The molecule has 0 fully saturated rings. The van der Waals surface area contributed by atoms with Gasteiger partial charge in [-0.1, -0.05) is 37.6 Å². The van der Waals surface area contributed by atoms with Crippen molar-refractivity contribution in [3.05, 3.63) is 130 Å². The SMILES string of the molecule is CCCCF.Fc1ccc(OCc2ccc(Cc3ccc(COc4ccc(F)cc4)c(F)c3)cc2F)cc1. The zero-order valence-electron chi connectivity index (χ0n) is 21.0. The van der Waals surface area contributed by atoms with Gasteiger partial charge in [0.1, 0.15) is 48.0 Å². The smallest absolute Gasteiger partial charge is 0.130 e. The van der Waals surface area contributed by atoms with Gasteiger partial charge in [0, 0.05) is 11.1 Å². The Hall–Kier alpha value is -3.87. The van der Waals surface area contributed by atoms with Crippen molar-refractivity contribution in [2.75, 3.05) is 6.67 Å². The zero-order chi connectivity index (χ0) is 27.3. The molecule has 0 bridgehead atoms. The molecule has 0 aliphatic carbocycles. The van der Waals surface area contributed by atoms with Crippen molar-refractivity contribution in [2.24, 2.45) is 0 Å². The van der Waals surface area contributed by atoms with E-state index in [0.717, 1.165) is 12.8 Å². The van der Waals surface area contributed by atoms with Gasteiger partial charge in [-0.15, -0.1) is 0 Å². The molecular weight excluding hydrogens is 499 g/mol. The highest BCUT2D eigenvalue weighted by molar-refractivity contribution is 5.33. The van der Waals surface area contributed by atoms with Crippen LogP contribution in [0.4, 0.5) is 22.0 Å². The predicted octanol–water partition coefficient (Wildman–Crippen LogP) is 8.75. The molecule has 0 aromatic heterocycles. The van der Waals surface area contributed by atoms with E-state index in [9.17, 15) is 22.0 Å². The first-order valence-electron chi connectivity index (χ1n) is 12.2. The first-order chi connectivity index (χ1) is 18.4. The summed E-state index contributed by atoms with van der Waals surface area (Å²) in [5, 5.41) is 0. The van der Waals surface area contributed by atoms with Crippen molar-refractivity contribution in [1.82, 2.24) is 0 Å². The van der Waals surface area contributed by atoms with Crippen molar-refractivity contribution in [2.45, 2.75) is 39.4 Å². The summed E-state index contributed by atoms with van der Waals surface area (Å²) in [4.78, 5) is 0. The van der Waals surface area contributed by atoms with Crippen LogP contribution in [0.5, 0.6) is 11.5 Å². The van der Waals surface area contributed by atoms with Crippen LogP contribution in [-0.2, 0) is 19.6 Å². The van der Waals surface area contributed by atoms with Gasteiger partial charge in [0.2, 0.25) is 0 Å². The summed E-state index contributed by atoms with van der Waals surface area (Å²) in [5.41, 5.74) is 2.10. The highest BCUT2D eigenvalue weighted by Crippen LogP contribution is 2.20. The largest absolute Gasteiger partial charge is 0.489 e. The fraction of sp³-hybridized carbons (Fsp3) is 0.226. The maximum Gasteiger partial charge on any atom is 0.130 e. The molecule has 0 saturated heterocycles. The summed E-state index contributed by atoms with van der Waals surface area (Å²) >= 11 is 0. The molecule has 0 aliphatic rings. The topological polar surface area (TPSA) is 18.5 Å². The van der Waals surface area contributed by atoms with Gasteiger partial charge in [0.25, 0.3) is 0 Å². The molecule has 0 saturated carbocycles. The van der Waals surface area contributed by atoms with Gasteiger partial charge in [0.15, 0.2) is 0 Å². The Labute approximate surface area is 219 Å². The Morgan fingerprint density at radius 3 is 1.32 bits per heavy atom. The Bertz CT molecular complexity index is 1180. The number of alkyl halides is 1. The molecule has 0 aliphatic heterocycles. The summed E-state index contributed by atoms with van der Waals surface area (Å²) in [7, 11) is 0. The fourth-order valence-electron chi connectivity index (χ4n) is 3.39. The van der Waals surface area contributed by atoms with E-state index in [0.29, 0.717) is 40.2 Å². The lowest BCUT2D eigenvalue weighted by Crippen LogP contribution is -2.01. The molecular formula is C31H29F5O2. The molecule has 0 spiro atoms. The van der Waals surface area contributed by atoms with Crippen LogP contribution in [0, 0.1) is 23.3 Å².